The molecule has 0 saturated heterocycles. The maximum absolute atomic E-state index is 6.72. The molecular formula is C46H28N2O2. The van der Waals surface area contributed by atoms with Crippen molar-refractivity contribution in [2.24, 2.45) is 0 Å². The number of hydrogen-bond acceptors (Lipinski definition) is 4. The fourth-order valence-electron chi connectivity index (χ4n) is 7.08. The van der Waals surface area contributed by atoms with Crippen LogP contribution >= 0.6 is 0 Å². The molecule has 4 nitrogen and oxygen atoms in total. The minimum atomic E-state index is 0.663. The minimum Gasteiger partial charge on any atom is -0.456 e. The number of rotatable bonds is 5. The zero-order valence-electron chi connectivity index (χ0n) is 26.9. The van der Waals surface area contributed by atoms with E-state index in [1.54, 1.807) is 0 Å². The van der Waals surface area contributed by atoms with Crippen LogP contribution in [0.4, 0.5) is 0 Å². The number of nitrogens with zero attached hydrogens (tertiary/aromatic N) is 2. The van der Waals surface area contributed by atoms with Crippen molar-refractivity contribution in [1.29, 1.82) is 0 Å². The van der Waals surface area contributed by atoms with E-state index in [4.69, 9.17) is 18.8 Å². The summed E-state index contributed by atoms with van der Waals surface area (Å²) in [5.41, 5.74) is 12.4. The fraction of sp³-hybridized carbons (Fsp3) is 0. The van der Waals surface area contributed by atoms with Crippen LogP contribution in [0.3, 0.4) is 0 Å². The molecule has 0 spiro atoms. The Bertz CT molecular complexity index is 2850. The maximum atomic E-state index is 6.72. The lowest BCUT2D eigenvalue weighted by Gasteiger charge is -2.12. The van der Waals surface area contributed by atoms with Crippen molar-refractivity contribution < 1.29 is 8.83 Å². The Morgan fingerprint density at radius 2 is 0.900 bits per heavy atom. The molecule has 50 heavy (non-hydrogen) atoms. The van der Waals surface area contributed by atoms with E-state index in [0.717, 1.165) is 88.6 Å². The number of benzene rings is 7. The number of para-hydroxylation sites is 2. The first-order chi connectivity index (χ1) is 24.8. The van der Waals surface area contributed by atoms with Gasteiger partial charge in [-0.2, -0.15) is 0 Å². The van der Waals surface area contributed by atoms with Gasteiger partial charge in [0, 0.05) is 38.2 Å². The molecule has 0 amide bonds. The van der Waals surface area contributed by atoms with Crippen molar-refractivity contribution in [1.82, 2.24) is 9.97 Å². The van der Waals surface area contributed by atoms with Gasteiger partial charge in [0.15, 0.2) is 5.82 Å². The van der Waals surface area contributed by atoms with E-state index in [2.05, 4.69) is 121 Å². The molecule has 0 aliphatic heterocycles. The van der Waals surface area contributed by atoms with Gasteiger partial charge in [-0.3, -0.25) is 0 Å². The van der Waals surface area contributed by atoms with Crippen molar-refractivity contribution in [2.45, 2.75) is 0 Å². The second-order valence-corrected chi connectivity index (χ2v) is 12.5. The SMILES string of the molecule is c1ccc(-c2ccc(-c3cc(-c4ccc(-c5ccc6oc7ccccc7c6c5)c5c4oc4ccccc45)nc(-c4ccccc4)n3)cc2)cc1. The summed E-state index contributed by atoms with van der Waals surface area (Å²) < 4.78 is 12.9. The van der Waals surface area contributed by atoms with Crippen LogP contribution in [0.1, 0.15) is 0 Å². The predicted octanol–water partition coefficient (Wildman–Crippen LogP) is 12.6. The highest BCUT2D eigenvalue weighted by Gasteiger charge is 2.20. The Kier molecular flexibility index (Phi) is 6.46. The summed E-state index contributed by atoms with van der Waals surface area (Å²) in [6, 6.07) is 58.4. The Labute approximate surface area is 287 Å². The van der Waals surface area contributed by atoms with Gasteiger partial charge in [-0.15, -0.1) is 0 Å². The molecule has 4 heteroatoms. The summed E-state index contributed by atoms with van der Waals surface area (Å²) >= 11 is 0. The van der Waals surface area contributed by atoms with Gasteiger partial charge in [0.2, 0.25) is 0 Å². The lowest BCUT2D eigenvalue weighted by atomic mass is 9.94. The monoisotopic (exact) mass is 640 g/mol. The van der Waals surface area contributed by atoms with Gasteiger partial charge >= 0.3 is 0 Å². The summed E-state index contributed by atoms with van der Waals surface area (Å²) in [6.07, 6.45) is 0. The molecule has 3 aromatic heterocycles. The highest BCUT2D eigenvalue weighted by Crippen LogP contribution is 2.43. The van der Waals surface area contributed by atoms with Crippen LogP contribution < -0.4 is 0 Å². The largest absolute Gasteiger partial charge is 0.456 e. The van der Waals surface area contributed by atoms with Crippen molar-refractivity contribution in [2.75, 3.05) is 0 Å². The van der Waals surface area contributed by atoms with Crippen molar-refractivity contribution >= 4 is 43.9 Å². The molecule has 0 saturated carbocycles. The molecule has 10 rings (SSSR count). The number of furan rings is 2. The van der Waals surface area contributed by atoms with Crippen molar-refractivity contribution in [3.63, 3.8) is 0 Å². The van der Waals surface area contributed by atoms with E-state index >= 15 is 0 Å². The van der Waals surface area contributed by atoms with E-state index in [-0.39, 0.29) is 0 Å². The Morgan fingerprint density at radius 1 is 0.340 bits per heavy atom. The smallest absolute Gasteiger partial charge is 0.160 e. The van der Waals surface area contributed by atoms with Crippen LogP contribution in [0.25, 0.3) is 100 Å². The molecule has 0 atom stereocenters. The third kappa shape index (κ3) is 4.69. The maximum Gasteiger partial charge on any atom is 0.160 e. The predicted molar refractivity (Wildman–Crippen MR) is 204 cm³/mol. The van der Waals surface area contributed by atoms with E-state index in [1.807, 2.05) is 48.5 Å². The van der Waals surface area contributed by atoms with Gasteiger partial charge in [0.05, 0.1) is 11.4 Å². The lowest BCUT2D eigenvalue weighted by molar-refractivity contribution is 0.669. The first-order valence-corrected chi connectivity index (χ1v) is 16.7. The highest BCUT2D eigenvalue weighted by molar-refractivity contribution is 6.17. The Balaban J connectivity index is 1.18. The van der Waals surface area contributed by atoms with Crippen LogP contribution in [-0.4, -0.2) is 9.97 Å². The highest BCUT2D eigenvalue weighted by atomic mass is 16.3. The standard InChI is InChI=1S/C46H28N2O2/c1-3-11-29(12-4-1)30-19-21-31(22-20-30)39-28-40(48-46(47-39)32-13-5-2-6-14-32)36-25-24-34(44-37-16-8-10-18-42(37)50-45(36)44)33-23-26-43-38(27-33)35-15-7-9-17-41(35)49-43/h1-28H. The molecule has 234 valence electrons. The van der Waals surface area contributed by atoms with Gasteiger partial charge in [0.1, 0.15) is 22.3 Å². The molecule has 0 aliphatic rings. The van der Waals surface area contributed by atoms with Gasteiger partial charge in [0.25, 0.3) is 0 Å². The third-order valence-electron chi connectivity index (χ3n) is 9.54. The van der Waals surface area contributed by atoms with Crippen LogP contribution in [0.5, 0.6) is 0 Å². The number of fused-ring (bicyclic) bond motifs is 6. The van der Waals surface area contributed by atoms with Crippen LogP contribution in [0.15, 0.2) is 179 Å². The fourth-order valence-corrected chi connectivity index (χ4v) is 7.08. The van der Waals surface area contributed by atoms with Crippen molar-refractivity contribution in [3.8, 4) is 56.2 Å². The lowest BCUT2D eigenvalue weighted by Crippen LogP contribution is -1.96. The van der Waals surface area contributed by atoms with Crippen LogP contribution in [-0.2, 0) is 0 Å². The molecule has 7 aromatic carbocycles. The normalized spacial score (nSPS) is 11.6. The van der Waals surface area contributed by atoms with E-state index in [9.17, 15) is 0 Å². The van der Waals surface area contributed by atoms with Crippen LogP contribution in [0.2, 0.25) is 0 Å². The molecule has 0 unspecified atom stereocenters. The summed E-state index contributed by atoms with van der Waals surface area (Å²) in [5, 5.41) is 4.31. The molecule has 0 N–H and O–H groups in total. The van der Waals surface area contributed by atoms with E-state index in [1.165, 1.54) is 5.56 Å². The quantitative estimate of drug-likeness (QED) is 0.188. The second-order valence-electron chi connectivity index (χ2n) is 12.5. The van der Waals surface area contributed by atoms with Gasteiger partial charge in [-0.25, -0.2) is 9.97 Å². The summed E-state index contributed by atoms with van der Waals surface area (Å²) in [4.78, 5) is 10.3. The first-order valence-electron chi connectivity index (χ1n) is 16.7. The molecule has 3 heterocycles. The molecule has 0 fully saturated rings. The first kappa shape index (κ1) is 28.3. The second kappa shape index (κ2) is 11.4. The number of aromatic nitrogens is 2. The van der Waals surface area contributed by atoms with Gasteiger partial charge < -0.3 is 8.83 Å². The number of hydrogen-bond donors (Lipinski definition) is 0. The Hall–Kier alpha value is -6.78. The molecular weight excluding hydrogens is 613 g/mol. The van der Waals surface area contributed by atoms with E-state index < -0.39 is 0 Å². The Morgan fingerprint density at radius 3 is 1.68 bits per heavy atom. The summed E-state index contributed by atoms with van der Waals surface area (Å²) in [5.74, 6) is 0.663. The summed E-state index contributed by atoms with van der Waals surface area (Å²) in [6.45, 7) is 0. The molecule has 0 radical (unpaired) electrons. The zero-order chi connectivity index (χ0) is 33.0. The van der Waals surface area contributed by atoms with Gasteiger partial charge in [-0.05, 0) is 58.7 Å². The zero-order valence-corrected chi connectivity index (χ0v) is 26.9. The molecule has 10 aromatic rings. The van der Waals surface area contributed by atoms with Gasteiger partial charge in [-0.1, -0.05) is 133 Å². The van der Waals surface area contributed by atoms with E-state index in [0.29, 0.717) is 5.82 Å². The topological polar surface area (TPSA) is 52.1 Å². The average molecular weight is 641 g/mol. The molecule has 0 aliphatic carbocycles. The minimum absolute atomic E-state index is 0.663. The third-order valence-corrected chi connectivity index (χ3v) is 9.54. The van der Waals surface area contributed by atoms with Crippen molar-refractivity contribution in [3.05, 3.63) is 170 Å². The van der Waals surface area contributed by atoms with Crippen LogP contribution in [0, 0.1) is 0 Å². The molecule has 0 bridgehead atoms. The summed E-state index contributed by atoms with van der Waals surface area (Å²) in [7, 11) is 0. The average Bonchev–Trinajstić information content (AvgIpc) is 3.77.